The molecule has 0 unspecified atom stereocenters. The quantitative estimate of drug-likeness (QED) is 0.705. The van der Waals surface area contributed by atoms with E-state index in [-0.39, 0.29) is 12.6 Å². The van der Waals surface area contributed by atoms with Crippen LogP contribution in [0.2, 0.25) is 0 Å². The normalized spacial score (nSPS) is 20.6. The van der Waals surface area contributed by atoms with Crippen molar-refractivity contribution in [1.29, 1.82) is 0 Å². The van der Waals surface area contributed by atoms with E-state index in [1.165, 1.54) is 16.5 Å². The molecule has 1 aliphatic carbocycles. The molecule has 0 saturated heterocycles. The van der Waals surface area contributed by atoms with Crippen molar-refractivity contribution in [2.45, 2.75) is 44.6 Å². The van der Waals surface area contributed by atoms with E-state index in [4.69, 9.17) is 0 Å². The van der Waals surface area contributed by atoms with Gasteiger partial charge in [-0.1, -0.05) is 18.2 Å². The van der Waals surface area contributed by atoms with Gasteiger partial charge in [-0.15, -0.1) is 0 Å². The van der Waals surface area contributed by atoms with E-state index >= 15 is 0 Å². The van der Waals surface area contributed by atoms with Gasteiger partial charge in [0.2, 0.25) is 0 Å². The van der Waals surface area contributed by atoms with Crippen LogP contribution in [0.1, 0.15) is 37.7 Å². The van der Waals surface area contributed by atoms with Gasteiger partial charge in [-0.05, 0) is 56.1 Å². The Morgan fingerprint density at radius 2 is 2.04 bits per heavy atom. The summed E-state index contributed by atoms with van der Waals surface area (Å²) in [5, 5.41) is 13.5. The van der Waals surface area contributed by atoms with Crippen LogP contribution in [0.5, 0.6) is 0 Å². The summed E-state index contributed by atoms with van der Waals surface area (Å²) < 4.78 is 0. The van der Waals surface area contributed by atoms with Gasteiger partial charge in [0.15, 0.2) is 0 Å². The SMILES string of the molecule is CN(C(=O)NCCCc1c[nH]c2ccccc12)C1CCC(CO)CC1. The van der Waals surface area contributed by atoms with Crippen molar-refractivity contribution in [3.05, 3.63) is 36.0 Å². The molecule has 5 heteroatoms. The minimum Gasteiger partial charge on any atom is -0.396 e. The number of aliphatic hydroxyl groups is 1. The van der Waals surface area contributed by atoms with Crippen LogP contribution in [0.4, 0.5) is 4.79 Å². The zero-order valence-corrected chi connectivity index (χ0v) is 15.0. The van der Waals surface area contributed by atoms with Gasteiger partial charge < -0.3 is 20.3 Å². The highest BCUT2D eigenvalue weighted by Crippen LogP contribution is 2.26. The highest BCUT2D eigenvalue weighted by atomic mass is 16.3. The third kappa shape index (κ3) is 4.34. The molecule has 1 fully saturated rings. The predicted molar refractivity (Wildman–Crippen MR) is 101 cm³/mol. The number of nitrogens with zero attached hydrogens (tertiary/aromatic N) is 1. The molecule has 3 N–H and O–H groups in total. The minimum absolute atomic E-state index is 0.0198. The van der Waals surface area contributed by atoms with Crippen LogP contribution < -0.4 is 5.32 Å². The van der Waals surface area contributed by atoms with Crippen molar-refractivity contribution in [2.24, 2.45) is 5.92 Å². The van der Waals surface area contributed by atoms with Gasteiger partial charge in [-0.25, -0.2) is 4.79 Å². The smallest absolute Gasteiger partial charge is 0.317 e. The number of aromatic amines is 1. The Labute approximate surface area is 149 Å². The van der Waals surface area contributed by atoms with Crippen LogP contribution in [-0.4, -0.2) is 47.3 Å². The second-order valence-electron chi connectivity index (χ2n) is 7.16. The number of aliphatic hydroxyl groups excluding tert-OH is 1. The van der Waals surface area contributed by atoms with Gasteiger partial charge >= 0.3 is 6.03 Å². The molecule has 3 rings (SSSR count). The number of hydrogen-bond donors (Lipinski definition) is 3. The molecule has 0 atom stereocenters. The number of urea groups is 1. The Hall–Kier alpha value is -2.01. The number of benzene rings is 1. The molecular formula is C20H29N3O2. The summed E-state index contributed by atoms with van der Waals surface area (Å²) in [6, 6.07) is 8.63. The first-order valence-corrected chi connectivity index (χ1v) is 9.35. The number of aromatic nitrogens is 1. The molecule has 0 spiro atoms. The fourth-order valence-electron chi connectivity index (χ4n) is 3.82. The summed E-state index contributed by atoms with van der Waals surface area (Å²) in [6.45, 7) is 0.963. The Kier molecular flexibility index (Phi) is 5.97. The van der Waals surface area contributed by atoms with Gasteiger partial charge in [0.1, 0.15) is 0 Å². The molecule has 25 heavy (non-hydrogen) atoms. The Bertz CT molecular complexity index is 689. The number of carbonyl (C=O) groups excluding carboxylic acids is 1. The lowest BCUT2D eigenvalue weighted by Crippen LogP contribution is -2.45. The number of fused-ring (bicyclic) bond motifs is 1. The Balaban J connectivity index is 1.40. The topological polar surface area (TPSA) is 68.4 Å². The molecule has 1 saturated carbocycles. The summed E-state index contributed by atoms with van der Waals surface area (Å²) in [7, 11) is 1.89. The standard InChI is InChI=1S/C20H29N3O2/c1-23(17-10-8-15(14-24)9-11-17)20(25)21-12-4-5-16-13-22-19-7-3-2-6-18(16)19/h2-3,6-7,13,15,17,22,24H,4-5,8-12,14H2,1H3,(H,21,25). The van der Waals surface area contributed by atoms with E-state index in [2.05, 4.69) is 34.7 Å². The van der Waals surface area contributed by atoms with Gasteiger partial charge in [-0.3, -0.25) is 0 Å². The monoisotopic (exact) mass is 343 g/mol. The average molecular weight is 343 g/mol. The fourth-order valence-corrected chi connectivity index (χ4v) is 3.82. The van der Waals surface area contributed by atoms with Crippen molar-refractivity contribution in [3.8, 4) is 0 Å². The zero-order chi connectivity index (χ0) is 17.6. The predicted octanol–water partition coefficient (Wildman–Crippen LogP) is 3.29. The molecule has 0 aliphatic heterocycles. The van der Waals surface area contributed by atoms with Crippen LogP contribution in [0.3, 0.4) is 0 Å². The molecule has 1 aromatic heterocycles. The summed E-state index contributed by atoms with van der Waals surface area (Å²) in [5.74, 6) is 0.420. The second kappa shape index (κ2) is 8.39. The van der Waals surface area contributed by atoms with Crippen LogP contribution in [0.25, 0.3) is 10.9 Å². The van der Waals surface area contributed by atoms with E-state index in [0.29, 0.717) is 18.5 Å². The maximum Gasteiger partial charge on any atom is 0.317 e. The summed E-state index contributed by atoms with van der Waals surface area (Å²) >= 11 is 0. The van der Waals surface area contributed by atoms with E-state index in [1.54, 1.807) is 0 Å². The van der Waals surface area contributed by atoms with Crippen molar-refractivity contribution in [1.82, 2.24) is 15.2 Å². The Morgan fingerprint density at radius 3 is 2.80 bits per heavy atom. The number of rotatable bonds is 6. The second-order valence-corrected chi connectivity index (χ2v) is 7.16. The van der Waals surface area contributed by atoms with Crippen LogP contribution in [0.15, 0.2) is 30.5 Å². The molecule has 1 aromatic carbocycles. The number of aryl methyl sites for hydroxylation is 1. The molecule has 5 nitrogen and oxygen atoms in total. The lowest BCUT2D eigenvalue weighted by Gasteiger charge is -2.34. The largest absolute Gasteiger partial charge is 0.396 e. The van der Waals surface area contributed by atoms with Gasteiger partial charge in [0.05, 0.1) is 0 Å². The first kappa shape index (κ1) is 17.8. The first-order valence-electron chi connectivity index (χ1n) is 9.35. The zero-order valence-electron chi connectivity index (χ0n) is 15.0. The third-order valence-corrected chi connectivity index (χ3v) is 5.52. The maximum atomic E-state index is 12.3. The van der Waals surface area contributed by atoms with Crippen molar-refractivity contribution in [3.63, 3.8) is 0 Å². The maximum absolute atomic E-state index is 12.3. The molecule has 2 aromatic rings. The summed E-state index contributed by atoms with van der Waals surface area (Å²) in [4.78, 5) is 17.5. The van der Waals surface area contributed by atoms with Gasteiger partial charge in [0, 0.05) is 43.3 Å². The average Bonchev–Trinajstić information content (AvgIpc) is 3.07. The molecule has 0 bridgehead atoms. The highest BCUT2D eigenvalue weighted by molar-refractivity contribution is 5.83. The Morgan fingerprint density at radius 1 is 1.28 bits per heavy atom. The van der Waals surface area contributed by atoms with Gasteiger partial charge in [0.25, 0.3) is 0 Å². The minimum atomic E-state index is 0.0198. The third-order valence-electron chi connectivity index (χ3n) is 5.52. The molecular weight excluding hydrogens is 314 g/mol. The van der Waals surface area contributed by atoms with E-state index < -0.39 is 0 Å². The number of nitrogens with one attached hydrogen (secondary N) is 2. The van der Waals surface area contributed by atoms with Crippen molar-refractivity contribution in [2.75, 3.05) is 20.2 Å². The van der Waals surface area contributed by atoms with E-state index in [0.717, 1.165) is 38.5 Å². The van der Waals surface area contributed by atoms with Crippen LogP contribution in [0, 0.1) is 5.92 Å². The van der Waals surface area contributed by atoms with E-state index in [1.807, 2.05) is 18.0 Å². The lowest BCUT2D eigenvalue weighted by molar-refractivity contribution is 0.134. The molecule has 136 valence electrons. The fraction of sp³-hybridized carbons (Fsp3) is 0.550. The van der Waals surface area contributed by atoms with E-state index in [9.17, 15) is 9.90 Å². The van der Waals surface area contributed by atoms with Crippen molar-refractivity contribution < 1.29 is 9.90 Å². The first-order chi connectivity index (χ1) is 12.2. The molecule has 1 heterocycles. The number of para-hydroxylation sites is 1. The van der Waals surface area contributed by atoms with Crippen molar-refractivity contribution >= 4 is 16.9 Å². The van der Waals surface area contributed by atoms with Gasteiger partial charge in [-0.2, -0.15) is 0 Å². The summed E-state index contributed by atoms with van der Waals surface area (Å²) in [5.41, 5.74) is 2.47. The lowest BCUT2D eigenvalue weighted by atomic mass is 9.86. The molecule has 0 radical (unpaired) electrons. The number of H-pyrrole nitrogens is 1. The number of carbonyl (C=O) groups is 1. The highest BCUT2D eigenvalue weighted by Gasteiger charge is 2.25. The number of hydrogen-bond acceptors (Lipinski definition) is 2. The van der Waals surface area contributed by atoms with Crippen LogP contribution >= 0.6 is 0 Å². The van der Waals surface area contributed by atoms with Crippen LogP contribution in [-0.2, 0) is 6.42 Å². The summed E-state index contributed by atoms with van der Waals surface area (Å²) in [6.07, 6.45) is 7.96. The molecule has 1 aliphatic rings. The number of amides is 2. The molecule has 2 amide bonds.